The molecule has 0 radical (unpaired) electrons. The molecule has 5 nitrogen and oxygen atoms in total. The van der Waals surface area contributed by atoms with Crippen LogP contribution in [0.5, 0.6) is 0 Å². The summed E-state index contributed by atoms with van der Waals surface area (Å²) in [6.07, 6.45) is 1.90. The average molecular weight is 349 g/mol. The Morgan fingerprint density at radius 3 is 2.72 bits per heavy atom. The van der Waals surface area contributed by atoms with E-state index in [1.165, 1.54) is 0 Å². The van der Waals surface area contributed by atoms with Crippen LogP contribution in [-0.4, -0.2) is 33.9 Å². The molecule has 1 aromatic heterocycles. The van der Waals surface area contributed by atoms with Gasteiger partial charge < -0.3 is 4.52 Å². The molecular formula is C18H21F2N3O2. The molecule has 1 saturated heterocycles. The van der Waals surface area contributed by atoms with Crippen molar-refractivity contribution >= 4 is 5.78 Å². The third kappa shape index (κ3) is 3.76. The van der Waals surface area contributed by atoms with Gasteiger partial charge in [0.1, 0.15) is 11.6 Å². The van der Waals surface area contributed by atoms with Crippen molar-refractivity contribution in [2.75, 3.05) is 13.1 Å². The van der Waals surface area contributed by atoms with Gasteiger partial charge in [0.2, 0.25) is 5.89 Å². The van der Waals surface area contributed by atoms with Crippen LogP contribution in [0.1, 0.15) is 54.8 Å². The minimum atomic E-state index is -0.667. The monoisotopic (exact) mass is 349 g/mol. The van der Waals surface area contributed by atoms with Gasteiger partial charge in [0.25, 0.3) is 0 Å². The largest absolute Gasteiger partial charge is 0.338 e. The molecule has 0 bridgehead atoms. The molecule has 0 spiro atoms. The number of likely N-dealkylation sites (tertiary alicyclic amines) is 1. The number of nitrogens with zero attached hydrogens (tertiary/aromatic N) is 3. The Balaban J connectivity index is 1.63. The standard InChI is InChI=1S/C18H21F2N3O2/c1-3-16-21-18(25-22-16)11(2)23-8-6-12(7-9-23)17(24)14-10-13(19)4-5-15(14)20/h4-5,10-12H,3,6-9H2,1-2H3/t11-/m0/s1. The van der Waals surface area contributed by atoms with E-state index in [2.05, 4.69) is 15.0 Å². The van der Waals surface area contributed by atoms with Crippen molar-refractivity contribution in [2.24, 2.45) is 5.92 Å². The predicted molar refractivity (Wildman–Crippen MR) is 87.1 cm³/mol. The molecule has 1 fully saturated rings. The number of aromatic nitrogens is 2. The van der Waals surface area contributed by atoms with Gasteiger partial charge in [0.15, 0.2) is 11.6 Å². The molecule has 25 heavy (non-hydrogen) atoms. The van der Waals surface area contributed by atoms with Crippen LogP contribution >= 0.6 is 0 Å². The van der Waals surface area contributed by atoms with E-state index in [-0.39, 0.29) is 23.3 Å². The summed E-state index contributed by atoms with van der Waals surface area (Å²) in [6, 6.07) is 2.97. The molecule has 0 N–H and O–H groups in total. The highest BCUT2D eigenvalue weighted by molar-refractivity contribution is 5.98. The summed E-state index contributed by atoms with van der Waals surface area (Å²) < 4.78 is 32.4. The lowest BCUT2D eigenvalue weighted by Gasteiger charge is -2.33. The lowest BCUT2D eigenvalue weighted by Crippen LogP contribution is -2.38. The first-order valence-corrected chi connectivity index (χ1v) is 8.55. The molecule has 0 amide bonds. The van der Waals surface area contributed by atoms with E-state index in [0.29, 0.717) is 44.1 Å². The Bertz CT molecular complexity index is 755. The predicted octanol–water partition coefficient (Wildman–Crippen LogP) is 3.57. The van der Waals surface area contributed by atoms with Crippen molar-refractivity contribution in [3.05, 3.63) is 47.1 Å². The number of aryl methyl sites for hydroxylation is 1. The number of piperidine rings is 1. The first kappa shape index (κ1) is 17.7. The zero-order valence-electron chi connectivity index (χ0n) is 14.3. The SMILES string of the molecule is CCc1noc([C@H](C)N2CCC(C(=O)c3cc(F)ccc3F)CC2)n1. The molecule has 7 heteroatoms. The number of Topliss-reactive ketones (excluding diaryl/α,β-unsaturated/α-hetero) is 1. The quantitative estimate of drug-likeness (QED) is 0.773. The highest BCUT2D eigenvalue weighted by Crippen LogP contribution is 2.28. The van der Waals surface area contributed by atoms with Gasteiger partial charge in [-0.1, -0.05) is 12.1 Å². The smallest absolute Gasteiger partial charge is 0.243 e. The van der Waals surface area contributed by atoms with Gasteiger partial charge in [-0.2, -0.15) is 4.98 Å². The Labute approximate surface area is 145 Å². The van der Waals surface area contributed by atoms with Crippen LogP contribution in [0.2, 0.25) is 0 Å². The Morgan fingerprint density at radius 1 is 1.36 bits per heavy atom. The van der Waals surface area contributed by atoms with E-state index in [4.69, 9.17) is 4.52 Å². The zero-order chi connectivity index (χ0) is 18.0. The molecule has 134 valence electrons. The van der Waals surface area contributed by atoms with E-state index < -0.39 is 11.6 Å². The molecule has 1 aromatic carbocycles. The average Bonchev–Trinajstić information content (AvgIpc) is 3.12. The summed E-state index contributed by atoms with van der Waals surface area (Å²) in [7, 11) is 0. The van der Waals surface area contributed by atoms with Crippen LogP contribution in [-0.2, 0) is 6.42 Å². The first-order chi connectivity index (χ1) is 12.0. The van der Waals surface area contributed by atoms with Crippen LogP contribution in [0.15, 0.2) is 22.7 Å². The number of carbonyl (C=O) groups excluding carboxylic acids is 1. The molecule has 1 atom stereocenters. The zero-order valence-corrected chi connectivity index (χ0v) is 14.3. The van der Waals surface area contributed by atoms with E-state index >= 15 is 0 Å². The van der Waals surface area contributed by atoms with Crippen molar-refractivity contribution in [1.29, 1.82) is 0 Å². The van der Waals surface area contributed by atoms with Crippen LogP contribution in [0.25, 0.3) is 0 Å². The fourth-order valence-corrected chi connectivity index (χ4v) is 3.19. The third-order valence-electron chi connectivity index (χ3n) is 4.80. The summed E-state index contributed by atoms with van der Waals surface area (Å²) in [5.74, 6) is -0.644. The molecular weight excluding hydrogens is 328 g/mol. The van der Waals surface area contributed by atoms with Crippen molar-refractivity contribution in [3.8, 4) is 0 Å². The fourth-order valence-electron chi connectivity index (χ4n) is 3.19. The van der Waals surface area contributed by atoms with Crippen LogP contribution in [0.3, 0.4) is 0 Å². The lowest BCUT2D eigenvalue weighted by atomic mass is 9.88. The number of rotatable bonds is 5. The second-order valence-electron chi connectivity index (χ2n) is 6.38. The van der Waals surface area contributed by atoms with Crippen molar-refractivity contribution in [2.45, 2.75) is 39.2 Å². The van der Waals surface area contributed by atoms with Gasteiger partial charge in [-0.15, -0.1) is 0 Å². The number of hydrogen-bond donors (Lipinski definition) is 0. The number of hydrogen-bond acceptors (Lipinski definition) is 5. The van der Waals surface area contributed by atoms with Crippen LogP contribution in [0.4, 0.5) is 8.78 Å². The molecule has 1 aliphatic rings. The number of benzene rings is 1. The van der Waals surface area contributed by atoms with E-state index in [0.717, 1.165) is 18.2 Å². The van der Waals surface area contributed by atoms with E-state index in [1.54, 1.807) is 0 Å². The highest BCUT2D eigenvalue weighted by Gasteiger charge is 2.31. The summed E-state index contributed by atoms with van der Waals surface area (Å²) in [4.78, 5) is 19.0. The number of carbonyl (C=O) groups is 1. The number of halogens is 2. The highest BCUT2D eigenvalue weighted by atomic mass is 19.1. The molecule has 3 rings (SSSR count). The second-order valence-corrected chi connectivity index (χ2v) is 6.38. The fraction of sp³-hybridized carbons (Fsp3) is 0.500. The molecule has 0 unspecified atom stereocenters. The van der Waals surface area contributed by atoms with Crippen molar-refractivity contribution < 1.29 is 18.1 Å². The Hall–Kier alpha value is -2.15. The Morgan fingerprint density at radius 2 is 2.08 bits per heavy atom. The number of ketones is 1. The van der Waals surface area contributed by atoms with Crippen molar-refractivity contribution in [3.63, 3.8) is 0 Å². The minimum absolute atomic E-state index is 0.0326. The molecule has 0 aliphatic carbocycles. The maximum Gasteiger partial charge on any atom is 0.243 e. The third-order valence-corrected chi connectivity index (χ3v) is 4.80. The van der Waals surface area contributed by atoms with Gasteiger partial charge in [-0.3, -0.25) is 9.69 Å². The summed E-state index contributed by atoms with van der Waals surface area (Å²) in [5, 5.41) is 3.91. The molecule has 0 saturated carbocycles. The van der Waals surface area contributed by atoms with Gasteiger partial charge in [-0.05, 0) is 51.1 Å². The van der Waals surface area contributed by atoms with Crippen LogP contribution < -0.4 is 0 Å². The van der Waals surface area contributed by atoms with Crippen LogP contribution in [0, 0.1) is 17.6 Å². The second kappa shape index (κ2) is 7.39. The van der Waals surface area contributed by atoms with E-state index in [1.807, 2.05) is 13.8 Å². The van der Waals surface area contributed by atoms with Gasteiger partial charge >= 0.3 is 0 Å². The normalized spacial score (nSPS) is 17.6. The molecule has 2 heterocycles. The minimum Gasteiger partial charge on any atom is -0.338 e. The van der Waals surface area contributed by atoms with Gasteiger partial charge in [0.05, 0.1) is 11.6 Å². The topological polar surface area (TPSA) is 59.2 Å². The summed E-state index contributed by atoms with van der Waals surface area (Å²) in [6.45, 7) is 5.28. The van der Waals surface area contributed by atoms with E-state index in [9.17, 15) is 13.6 Å². The lowest BCUT2D eigenvalue weighted by molar-refractivity contribution is 0.0770. The molecule has 1 aliphatic heterocycles. The molecule has 2 aromatic rings. The Kier molecular flexibility index (Phi) is 5.22. The maximum absolute atomic E-state index is 13.8. The van der Waals surface area contributed by atoms with Crippen molar-refractivity contribution in [1.82, 2.24) is 15.0 Å². The van der Waals surface area contributed by atoms with Gasteiger partial charge in [-0.25, -0.2) is 8.78 Å². The van der Waals surface area contributed by atoms with Gasteiger partial charge in [0, 0.05) is 12.3 Å². The first-order valence-electron chi connectivity index (χ1n) is 8.55. The summed E-state index contributed by atoms with van der Waals surface area (Å²) in [5.41, 5.74) is -0.156. The summed E-state index contributed by atoms with van der Waals surface area (Å²) >= 11 is 0. The maximum atomic E-state index is 13.8.